The SMILES string of the molecule is CNc1nc(-c2ccc(Cl)cc2Br)nc(COC)c1I. The van der Waals surface area contributed by atoms with Gasteiger partial charge in [-0.1, -0.05) is 11.6 Å². The minimum Gasteiger partial charge on any atom is -0.378 e. The van der Waals surface area contributed by atoms with E-state index < -0.39 is 0 Å². The van der Waals surface area contributed by atoms with E-state index in [4.69, 9.17) is 16.3 Å². The lowest BCUT2D eigenvalue weighted by Crippen LogP contribution is -2.06. The summed E-state index contributed by atoms with van der Waals surface area (Å²) in [6.07, 6.45) is 0. The molecule has 0 spiro atoms. The molecular formula is C13H12BrClIN3O. The molecule has 0 unspecified atom stereocenters. The molecule has 0 aliphatic carbocycles. The van der Waals surface area contributed by atoms with Crippen LogP contribution in [0.1, 0.15) is 5.69 Å². The Morgan fingerprint density at radius 1 is 1.40 bits per heavy atom. The molecular weight excluding hydrogens is 456 g/mol. The molecule has 0 bridgehead atoms. The van der Waals surface area contributed by atoms with Crippen LogP contribution in [0, 0.1) is 3.57 Å². The highest BCUT2D eigenvalue weighted by Crippen LogP contribution is 2.31. The number of aromatic nitrogens is 2. The maximum absolute atomic E-state index is 5.96. The van der Waals surface area contributed by atoms with Gasteiger partial charge in [0.1, 0.15) is 5.82 Å². The summed E-state index contributed by atoms with van der Waals surface area (Å²) in [5, 5.41) is 3.74. The van der Waals surface area contributed by atoms with Gasteiger partial charge in [0.05, 0.1) is 15.9 Å². The fourth-order valence-electron chi connectivity index (χ4n) is 1.68. The number of hydrogen-bond donors (Lipinski definition) is 1. The Bertz CT molecular complexity index is 639. The van der Waals surface area contributed by atoms with E-state index >= 15 is 0 Å². The first-order chi connectivity index (χ1) is 9.56. The van der Waals surface area contributed by atoms with Gasteiger partial charge in [-0.25, -0.2) is 9.97 Å². The second kappa shape index (κ2) is 7.02. The molecule has 0 aliphatic heterocycles. The molecule has 0 saturated heterocycles. The van der Waals surface area contributed by atoms with Gasteiger partial charge in [0.2, 0.25) is 0 Å². The second-order valence-electron chi connectivity index (χ2n) is 3.96. The van der Waals surface area contributed by atoms with Crippen LogP contribution in [-0.4, -0.2) is 24.1 Å². The summed E-state index contributed by atoms with van der Waals surface area (Å²) in [4.78, 5) is 9.11. The third-order valence-corrected chi connectivity index (χ3v) is 4.63. The zero-order chi connectivity index (χ0) is 14.7. The van der Waals surface area contributed by atoms with Crippen LogP contribution in [0.2, 0.25) is 5.02 Å². The van der Waals surface area contributed by atoms with Crippen LogP contribution in [0.4, 0.5) is 5.82 Å². The number of nitrogens with zero attached hydrogens (tertiary/aromatic N) is 2. The average molecular weight is 469 g/mol. The lowest BCUT2D eigenvalue weighted by molar-refractivity contribution is 0.181. The second-order valence-corrected chi connectivity index (χ2v) is 6.33. The summed E-state index contributed by atoms with van der Waals surface area (Å²) < 4.78 is 7.01. The number of halogens is 3. The van der Waals surface area contributed by atoms with Crippen LogP contribution in [0.3, 0.4) is 0 Å². The van der Waals surface area contributed by atoms with Crippen LogP contribution in [0.5, 0.6) is 0 Å². The number of nitrogens with one attached hydrogen (secondary N) is 1. The van der Waals surface area contributed by atoms with Crippen molar-refractivity contribution in [3.05, 3.63) is 37.0 Å². The zero-order valence-corrected chi connectivity index (χ0v) is 15.4. The Labute approximate surface area is 144 Å². The number of ether oxygens (including phenoxy) is 1. The third kappa shape index (κ3) is 3.41. The topological polar surface area (TPSA) is 47.0 Å². The van der Waals surface area contributed by atoms with Gasteiger partial charge in [0.15, 0.2) is 5.82 Å². The summed E-state index contributed by atoms with van der Waals surface area (Å²) in [6, 6.07) is 5.54. The minimum absolute atomic E-state index is 0.438. The Kier molecular flexibility index (Phi) is 5.59. The van der Waals surface area contributed by atoms with E-state index in [0.29, 0.717) is 17.5 Å². The van der Waals surface area contributed by atoms with E-state index in [1.807, 2.05) is 25.2 Å². The maximum Gasteiger partial charge on any atom is 0.163 e. The molecule has 7 heteroatoms. The van der Waals surface area contributed by atoms with Crippen LogP contribution >= 0.6 is 50.1 Å². The molecule has 2 aromatic rings. The summed E-state index contributed by atoms with van der Waals surface area (Å²) in [5.41, 5.74) is 1.74. The molecule has 4 nitrogen and oxygen atoms in total. The van der Waals surface area contributed by atoms with Crippen LogP contribution in [0.15, 0.2) is 22.7 Å². The molecule has 1 heterocycles. The molecule has 0 saturated carbocycles. The van der Waals surface area contributed by atoms with Crippen molar-refractivity contribution in [1.29, 1.82) is 0 Å². The number of anilines is 1. The molecule has 0 aliphatic rings. The standard InChI is InChI=1S/C13H12BrClIN3O/c1-17-13-11(16)10(6-20-2)18-12(19-13)8-4-3-7(15)5-9(8)14/h3-5H,6H2,1-2H3,(H,17,18,19). The first-order valence-corrected chi connectivity index (χ1v) is 8.00. The molecule has 106 valence electrons. The molecule has 1 aromatic heterocycles. The molecule has 1 N–H and O–H groups in total. The van der Waals surface area contributed by atoms with Crippen molar-refractivity contribution in [1.82, 2.24) is 9.97 Å². The van der Waals surface area contributed by atoms with Crippen molar-refractivity contribution >= 4 is 55.9 Å². The Morgan fingerprint density at radius 2 is 2.15 bits per heavy atom. The van der Waals surface area contributed by atoms with E-state index in [9.17, 15) is 0 Å². The lowest BCUT2D eigenvalue weighted by Gasteiger charge is -2.11. The largest absolute Gasteiger partial charge is 0.378 e. The molecule has 0 fully saturated rings. The number of benzene rings is 1. The summed E-state index contributed by atoms with van der Waals surface area (Å²) in [6.45, 7) is 0.438. The Hall–Kier alpha value is -0.440. The number of methoxy groups -OCH3 is 1. The van der Waals surface area contributed by atoms with Crippen molar-refractivity contribution in [2.45, 2.75) is 6.61 Å². The predicted octanol–water partition coefficient (Wildman–Crippen LogP) is 4.35. The van der Waals surface area contributed by atoms with Gasteiger partial charge in [-0.15, -0.1) is 0 Å². The molecule has 2 rings (SSSR count). The van der Waals surface area contributed by atoms with Gasteiger partial charge in [0, 0.05) is 29.2 Å². The van der Waals surface area contributed by atoms with Crippen molar-refractivity contribution in [2.75, 3.05) is 19.5 Å². The Morgan fingerprint density at radius 3 is 2.75 bits per heavy atom. The van der Waals surface area contributed by atoms with Crippen molar-refractivity contribution in [2.24, 2.45) is 0 Å². The summed E-state index contributed by atoms with van der Waals surface area (Å²) in [7, 11) is 3.48. The molecule has 20 heavy (non-hydrogen) atoms. The summed E-state index contributed by atoms with van der Waals surface area (Å²) >= 11 is 11.7. The van der Waals surface area contributed by atoms with E-state index in [-0.39, 0.29) is 0 Å². The molecule has 0 radical (unpaired) electrons. The van der Waals surface area contributed by atoms with Gasteiger partial charge >= 0.3 is 0 Å². The van der Waals surface area contributed by atoms with E-state index in [1.165, 1.54) is 0 Å². The van der Waals surface area contributed by atoms with Crippen molar-refractivity contribution < 1.29 is 4.74 Å². The quantitative estimate of drug-likeness (QED) is 0.678. The smallest absolute Gasteiger partial charge is 0.163 e. The fourth-order valence-corrected chi connectivity index (χ4v) is 3.21. The molecule has 0 amide bonds. The highest BCUT2D eigenvalue weighted by molar-refractivity contribution is 14.1. The minimum atomic E-state index is 0.438. The third-order valence-electron chi connectivity index (χ3n) is 2.61. The van der Waals surface area contributed by atoms with Crippen molar-refractivity contribution in [3.63, 3.8) is 0 Å². The molecule has 0 atom stereocenters. The van der Waals surface area contributed by atoms with Gasteiger partial charge in [-0.2, -0.15) is 0 Å². The molecule has 1 aromatic carbocycles. The first-order valence-electron chi connectivity index (χ1n) is 5.75. The highest BCUT2D eigenvalue weighted by Gasteiger charge is 2.14. The normalized spacial score (nSPS) is 10.7. The van der Waals surface area contributed by atoms with Crippen molar-refractivity contribution in [3.8, 4) is 11.4 Å². The number of rotatable bonds is 4. The monoisotopic (exact) mass is 467 g/mol. The lowest BCUT2D eigenvalue weighted by atomic mass is 10.2. The average Bonchev–Trinajstić information content (AvgIpc) is 2.41. The first kappa shape index (κ1) is 15.9. The van der Waals surface area contributed by atoms with Crippen LogP contribution in [-0.2, 0) is 11.3 Å². The predicted molar refractivity (Wildman–Crippen MR) is 93.2 cm³/mol. The van der Waals surface area contributed by atoms with Gasteiger partial charge in [0.25, 0.3) is 0 Å². The van der Waals surface area contributed by atoms with E-state index in [0.717, 1.165) is 25.1 Å². The van der Waals surface area contributed by atoms with Gasteiger partial charge < -0.3 is 10.1 Å². The van der Waals surface area contributed by atoms with Gasteiger partial charge in [-0.05, 0) is 56.7 Å². The summed E-state index contributed by atoms with van der Waals surface area (Å²) in [5.74, 6) is 1.41. The van der Waals surface area contributed by atoms with E-state index in [2.05, 4.69) is 53.8 Å². The maximum atomic E-state index is 5.96. The van der Waals surface area contributed by atoms with Gasteiger partial charge in [-0.3, -0.25) is 0 Å². The van der Waals surface area contributed by atoms with E-state index in [1.54, 1.807) is 7.11 Å². The fraction of sp³-hybridized carbons (Fsp3) is 0.231. The van der Waals surface area contributed by atoms with Crippen LogP contribution in [0.25, 0.3) is 11.4 Å². The van der Waals surface area contributed by atoms with Crippen LogP contribution < -0.4 is 5.32 Å². The number of hydrogen-bond acceptors (Lipinski definition) is 4. The Balaban J connectivity index is 2.58. The highest BCUT2D eigenvalue weighted by atomic mass is 127. The zero-order valence-electron chi connectivity index (χ0n) is 10.9.